The molecule has 0 amide bonds. The Labute approximate surface area is 122 Å². The highest BCUT2D eigenvalue weighted by Gasteiger charge is 2.12. The van der Waals surface area contributed by atoms with Crippen molar-refractivity contribution in [2.45, 2.75) is 52.9 Å². The summed E-state index contributed by atoms with van der Waals surface area (Å²) in [5.41, 5.74) is 6.52. The fourth-order valence-corrected chi connectivity index (χ4v) is 2.00. The first-order valence-electron chi connectivity index (χ1n) is 7.52. The number of aromatic nitrogens is 2. The van der Waals surface area contributed by atoms with E-state index in [1.54, 1.807) is 7.11 Å². The van der Waals surface area contributed by atoms with Gasteiger partial charge in [-0.05, 0) is 12.3 Å². The number of nitrogen functional groups attached to an aromatic ring is 1. The largest absolute Gasteiger partial charge is 0.479 e. The third kappa shape index (κ3) is 5.23. The molecular formula is C15H28N4O. The van der Waals surface area contributed by atoms with E-state index in [9.17, 15) is 0 Å². The smallest absolute Gasteiger partial charge is 0.242 e. The van der Waals surface area contributed by atoms with Crippen molar-refractivity contribution >= 4 is 11.5 Å². The molecule has 1 aromatic heterocycles. The Kier molecular flexibility index (Phi) is 7.12. The lowest BCUT2D eigenvalue weighted by Gasteiger charge is -2.13. The number of anilines is 2. The van der Waals surface area contributed by atoms with Crippen molar-refractivity contribution in [3.05, 3.63) is 5.82 Å². The second kappa shape index (κ2) is 8.61. The van der Waals surface area contributed by atoms with Crippen LogP contribution in [-0.2, 0) is 6.42 Å². The summed E-state index contributed by atoms with van der Waals surface area (Å²) in [5, 5.41) is 3.30. The van der Waals surface area contributed by atoms with E-state index in [-0.39, 0.29) is 0 Å². The predicted molar refractivity (Wildman–Crippen MR) is 84.2 cm³/mol. The van der Waals surface area contributed by atoms with Gasteiger partial charge in [0.25, 0.3) is 0 Å². The quantitative estimate of drug-likeness (QED) is 0.679. The lowest BCUT2D eigenvalue weighted by molar-refractivity contribution is 0.396. The minimum Gasteiger partial charge on any atom is -0.479 e. The fourth-order valence-electron chi connectivity index (χ4n) is 2.00. The third-order valence-electron chi connectivity index (χ3n) is 3.06. The number of nitrogens with one attached hydrogen (secondary N) is 1. The lowest BCUT2D eigenvalue weighted by atomic mass is 10.1. The van der Waals surface area contributed by atoms with Crippen LogP contribution in [0.5, 0.6) is 5.88 Å². The van der Waals surface area contributed by atoms with Crippen LogP contribution >= 0.6 is 0 Å². The first-order chi connectivity index (χ1) is 9.58. The van der Waals surface area contributed by atoms with Crippen molar-refractivity contribution in [1.29, 1.82) is 0 Å². The molecule has 0 aromatic carbocycles. The van der Waals surface area contributed by atoms with Gasteiger partial charge in [0.2, 0.25) is 5.88 Å². The molecule has 0 aliphatic heterocycles. The first-order valence-corrected chi connectivity index (χ1v) is 7.52. The number of hydrogen-bond donors (Lipinski definition) is 2. The molecular weight excluding hydrogens is 252 g/mol. The molecule has 1 rings (SSSR count). The highest BCUT2D eigenvalue weighted by molar-refractivity contribution is 5.66. The zero-order chi connectivity index (χ0) is 15.0. The molecule has 0 spiro atoms. The molecule has 0 radical (unpaired) electrons. The van der Waals surface area contributed by atoms with E-state index < -0.39 is 0 Å². The zero-order valence-corrected chi connectivity index (χ0v) is 13.2. The van der Waals surface area contributed by atoms with Crippen LogP contribution in [0, 0.1) is 5.92 Å². The van der Waals surface area contributed by atoms with Crippen LogP contribution in [-0.4, -0.2) is 23.6 Å². The maximum Gasteiger partial charge on any atom is 0.242 e. The summed E-state index contributed by atoms with van der Waals surface area (Å²) in [6.07, 6.45) is 5.68. The Morgan fingerprint density at radius 1 is 1.20 bits per heavy atom. The van der Waals surface area contributed by atoms with Gasteiger partial charge in [-0.3, -0.25) is 0 Å². The van der Waals surface area contributed by atoms with Crippen LogP contribution in [0.25, 0.3) is 0 Å². The van der Waals surface area contributed by atoms with Gasteiger partial charge in [-0.15, -0.1) is 0 Å². The van der Waals surface area contributed by atoms with Crippen molar-refractivity contribution in [2.24, 2.45) is 5.92 Å². The molecule has 0 bridgehead atoms. The van der Waals surface area contributed by atoms with E-state index in [2.05, 4.69) is 36.1 Å². The monoisotopic (exact) mass is 280 g/mol. The highest BCUT2D eigenvalue weighted by Crippen LogP contribution is 2.26. The molecule has 0 aliphatic rings. The Morgan fingerprint density at radius 3 is 2.55 bits per heavy atom. The molecule has 0 saturated carbocycles. The lowest BCUT2D eigenvalue weighted by Crippen LogP contribution is -2.12. The zero-order valence-electron chi connectivity index (χ0n) is 13.2. The van der Waals surface area contributed by atoms with Crippen molar-refractivity contribution in [3.63, 3.8) is 0 Å². The van der Waals surface area contributed by atoms with Crippen molar-refractivity contribution in [3.8, 4) is 5.88 Å². The van der Waals surface area contributed by atoms with Gasteiger partial charge >= 0.3 is 0 Å². The maximum atomic E-state index is 6.02. The molecule has 0 saturated heterocycles. The SMILES string of the molecule is CCCCCCNc1nc(CC(C)C)nc(OC)c1N. The van der Waals surface area contributed by atoms with Gasteiger partial charge in [0.1, 0.15) is 11.5 Å². The summed E-state index contributed by atoms with van der Waals surface area (Å²) in [7, 11) is 1.59. The molecule has 1 aromatic rings. The number of unbranched alkanes of at least 4 members (excludes halogenated alkanes) is 3. The number of rotatable bonds is 9. The molecule has 0 fully saturated rings. The van der Waals surface area contributed by atoms with Gasteiger partial charge in [-0.1, -0.05) is 40.0 Å². The van der Waals surface area contributed by atoms with Gasteiger partial charge in [0, 0.05) is 13.0 Å². The molecule has 20 heavy (non-hydrogen) atoms. The maximum absolute atomic E-state index is 6.02. The van der Waals surface area contributed by atoms with E-state index in [4.69, 9.17) is 10.5 Å². The second-order valence-corrected chi connectivity index (χ2v) is 5.50. The molecule has 0 aliphatic carbocycles. The van der Waals surface area contributed by atoms with Gasteiger partial charge in [-0.25, -0.2) is 4.98 Å². The minimum atomic E-state index is 0.465. The Morgan fingerprint density at radius 2 is 1.95 bits per heavy atom. The first kappa shape index (κ1) is 16.5. The average Bonchev–Trinajstić information content (AvgIpc) is 2.40. The Hall–Kier alpha value is -1.52. The number of methoxy groups -OCH3 is 1. The van der Waals surface area contributed by atoms with Gasteiger partial charge in [0.05, 0.1) is 7.11 Å². The third-order valence-corrected chi connectivity index (χ3v) is 3.06. The van der Waals surface area contributed by atoms with Crippen LogP contribution in [0.4, 0.5) is 11.5 Å². The fraction of sp³-hybridized carbons (Fsp3) is 0.733. The topological polar surface area (TPSA) is 73.1 Å². The van der Waals surface area contributed by atoms with Gasteiger partial charge in [-0.2, -0.15) is 4.98 Å². The molecule has 5 heteroatoms. The molecule has 3 N–H and O–H groups in total. The predicted octanol–water partition coefficient (Wildman–Crippen LogP) is 3.26. The standard InChI is InChI=1S/C15H28N4O/c1-5-6-7-8-9-17-14-13(16)15(20-4)19-12(18-14)10-11(2)3/h11H,5-10,16H2,1-4H3,(H,17,18,19). The Balaban J connectivity index is 2.71. The molecule has 0 unspecified atom stereocenters. The molecule has 114 valence electrons. The van der Waals surface area contributed by atoms with Gasteiger partial charge in [0.15, 0.2) is 5.82 Å². The normalized spacial score (nSPS) is 10.8. The van der Waals surface area contributed by atoms with E-state index in [0.717, 1.165) is 25.2 Å². The summed E-state index contributed by atoms with van der Waals surface area (Å²) in [5.74, 6) is 2.44. The van der Waals surface area contributed by atoms with Crippen LogP contribution in [0.15, 0.2) is 0 Å². The van der Waals surface area contributed by atoms with Crippen molar-refractivity contribution in [2.75, 3.05) is 24.7 Å². The second-order valence-electron chi connectivity index (χ2n) is 5.50. The number of nitrogens with zero attached hydrogens (tertiary/aromatic N) is 2. The molecule has 5 nitrogen and oxygen atoms in total. The van der Waals surface area contributed by atoms with Crippen LogP contribution in [0.3, 0.4) is 0 Å². The molecule has 1 heterocycles. The number of nitrogens with two attached hydrogens (primary N) is 1. The average molecular weight is 280 g/mol. The number of hydrogen-bond acceptors (Lipinski definition) is 5. The van der Waals surface area contributed by atoms with E-state index in [1.807, 2.05) is 0 Å². The van der Waals surface area contributed by atoms with Crippen molar-refractivity contribution < 1.29 is 4.74 Å². The van der Waals surface area contributed by atoms with E-state index in [0.29, 0.717) is 23.3 Å². The van der Waals surface area contributed by atoms with Crippen LogP contribution < -0.4 is 15.8 Å². The summed E-state index contributed by atoms with van der Waals surface area (Å²) >= 11 is 0. The Bertz CT molecular complexity index is 407. The van der Waals surface area contributed by atoms with Crippen molar-refractivity contribution in [1.82, 2.24) is 9.97 Å². The minimum absolute atomic E-state index is 0.465. The van der Waals surface area contributed by atoms with Gasteiger partial charge < -0.3 is 15.8 Å². The van der Waals surface area contributed by atoms with Crippen LogP contribution in [0.2, 0.25) is 0 Å². The molecule has 0 atom stereocenters. The number of ether oxygens (including phenoxy) is 1. The van der Waals surface area contributed by atoms with Crippen LogP contribution in [0.1, 0.15) is 52.3 Å². The van der Waals surface area contributed by atoms with E-state index >= 15 is 0 Å². The highest BCUT2D eigenvalue weighted by atomic mass is 16.5. The summed E-state index contributed by atoms with van der Waals surface area (Å²) in [6.45, 7) is 7.37. The summed E-state index contributed by atoms with van der Waals surface area (Å²) < 4.78 is 5.24. The summed E-state index contributed by atoms with van der Waals surface area (Å²) in [4.78, 5) is 8.86. The summed E-state index contributed by atoms with van der Waals surface area (Å²) in [6, 6.07) is 0. The van der Waals surface area contributed by atoms with E-state index in [1.165, 1.54) is 19.3 Å².